The summed E-state index contributed by atoms with van der Waals surface area (Å²) >= 11 is 5.22. The molecule has 1 aromatic heterocycles. The number of rotatable bonds is 9. The lowest BCUT2D eigenvalue weighted by Crippen LogP contribution is -2.04. The summed E-state index contributed by atoms with van der Waals surface area (Å²) < 4.78 is 13.1. The van der Waals surface area contributed by atoms with E-state index in [9.17, 15) is 10.1 Å². The van der Waals surface area contributed by atoms with E-state index < -0.39 is 4.92 Å². The fourth-order valence-electron chi connectivity index (χ4n) is 3.17. The van der Waals surface area contributed by atoms with Gasteiger partial charge in [-0.1, -0.05) is 30.7 Å². The van der Waals surface area contributed by atoms with Crippen molar-refractivity contribution in [2.75, 3.05) is 7.11 Å². The third-order valence-corrected chi connectivity index (χ3v) is 5.13. The Morgan fingerprint density at radius 1 is 1.31 bits per heavy atom. The molecule has 1 N–H and O–H groups in total. The van der Waals surface area contributed by atoms with Gasteiger partial charge in [-0.3, -0.25) is 15.2 Å². The summed E-state index contributed by atoms with van der Waals surface area (Å²) in [5.41, 5.74) is 3.34. The van der Waals surface area contributed by atoms with Crippen LogP contribution in [0.15, 0.2) is 35.4 Å². The number of aromatic nitrogens is 3. The Morgan fingerprint density at radius 3 is 2.78 bits per heavy atom. The van der Waals surface area contributed by atoms with Gasteiger partial charge in [-0.05, 0) is 49.7 Å². The van der Waals surface area contributed by atoms with E-state index in [1.807, 2.05) is 39.0 Å². The van der Waals surface area contributed by atoms with Gasteiger partial charge in [0.05, 0.1) is 18.2 Å². The number of hydrogen-bond donors (Lipinski definition) is 1. The summed E-state index contributed by atoms with van der Waals surface area (Å²) in [4.78, 5) is 11.3. The lowest BCUT2D eigenvalue weighted by molar-refractivity contribution is -0.386. The highest BCUT2D eigenvalue weighted by Gasteiger charge is 2.22. The molecule has 0 aliphatic rings. The molecule has 168 valence electrons. The van der Waals surface area contributed by atoms with E-state index in [4.69, 9.17) is 21.7 Å². The van der Waals surface area contributed by atoms with Crippen LogP contribution in [0.25, 0.3) is 0 Å². The van der Waals surface area contributed by atoms with Crippen LogP contribution in [0.5, 0.6) is 11.5 Å². The van der Waals surface area contributed by atoms with Crippen molar-refractivity contribution in [2.45, 2.75) is 40.2 Å². The molecule has 3 aromatic rings. The summed E-state index contributed by atoms with van der Waals surface area (Å²) in [5, 5.41) is 23.0. The summed E-state index contributed by atoms with van der Waals surface area (Å²) in [6.07, 6.45) is 3.05. The Kier molecular flexibility index (Phi) is 7.37. The Bertz CT molecular complexity index is 1220. The predicted octanol–water partition coefficient (Wildman–Crippen LogP) is 4.89. The number of aryl methyl sites for hydroxylation is 3. The molecule has 0 radical (unpaired) electrons. The predicted molar refractivity (Wildman–Crippen MR) is 124 cm³/mol. The maximum Gasteiger partial charge on any atom is 0.315 e. The molecule has 0 fully saturated rings. The second-order valence-corrected chi connectivity index (χ2v) is 7.69. The van der Waals surface area contributed by atoms with E-state index in [-0.39, 0.29) is 23.8 Å². The number of methoxy groups -OCH3 is 1. The van der Waals surface area contributed by atoms with Gasteiger partial charge < -0.3 is 9.47 Å². The lowest BCUT2D eigenvalue weighted by Gasteiger charge is -2.13. The minimum atomic E-state index is -0.496. The van der Waals surface area contributed by atoms with Crippen molar-refractivity contribution in [1.29, 1.82) is 0 Å². The Labute approximate surface area is 190 Å². The first kappa shape index (κ1) is 23.1. The van der Waals surface area contributed by atoms with Gasteiger partial charge in [0.15, 0.2) is 11.6 Å². The standard InChI is InChI=1S/C22H25N5O4S/c1-5-6-20-24-25-22(32)26(20)23-12-16-10-18(27(28)29)21(19(11-16)30-4)31-13-17-9-14(2)7-8-15(17)3/h7-12H,5-6,13H2,1-4H3,(H,25,32)/b23-12-. The van der Waals surface area contributed by atoms with Crippen LogP contribution in [0.2, 0.25) is 0 Å². The lowest BCUT2D eigenvalue weighted by atomic mass is 10.1. The molecule has 9 nitrogen and oxygen atoms in total. The first-order chi connectivity index (χ1) is 15.3. The number of nitrogens with one attached hydrogen (secondary N) is 1. The zero-order valence-corrected chi connectivity index (χ0v) is 19.2. The zero-order chi connectivity index (χ0) is 23.3. The van der Waals surface area contributed by atoms with E-state index in [1.165, 1.54) is 24.1 Å². The second-order valence-electron chi connectivity index (χ2n) is 7.30. The topological polar surface area (TPSA) is 108 Å². The molecular weight excluding hydrogens is 430 g/mol. The van der Waals surface area contributed by atoms with Gasteiger partial charge in [-0.25, -0.2) is 0 Å². The van der Waals surface area contributed by atoms with Crippen molar-refractivity contribution in [2.24, 2.45) is 5.10 Å². The van der Waals surface area contributed by atoms with Gasteiger partial charge in [-0.15, -0.1) is 0 Å². The summed E-state index contributed by atoms with van der Waals surface area (Å²) in [6.45, 7) is 6.16. The second kappa shape index (κ2) is 10.2. The molecule has 0 saturated heterocycles. The van der Waals surface area contributed by atoms with Gasteiger partial charge in [0.25, 0.3) is 0 Å². The van der Waals surface area contributed by atoms with Gasteiger partial charge in [-0.2, -0.15) is 14.9 Å². The highest BCUT2D eigenvalue weighted by atomic mass is 32.1. The molecule has 2 aromatic carbocycles. The third-order valence-electron chi connectivity index (χ3n) is 4.86. The molecule has 1 heterocycles. The SMILES string of the molecule is CCCc1n[nH]c(=S)n1/N=C\c1cc(OC)c(OCc2cc(C)ccc2C)c([N+](=O)[O-])c1. The number of H-pyrrole nitrogens is 1. The molecule has 10 heteroatoms. The number of nitrogens with zero attached hydrogens (tertiary/aromatic N) is 4. The van der Waals surface area contributed by atoms with Gasteiger partial charge in [0.2, 0.25) is 10.5 Å². The number of aromatic amines is 1. The molecule has 0 aliphatic heterocycles. The van der Waals surface area contributed by atoms with Crippen LogP contribution < -0.4 is 9.47 Å². The fourth-order valence-corrected chi connectivity index (χ4v) is 3.37. The zero-order valence-electron chi connectivity index (χ0n) is 18.4. The Balaban J connectivity index is 1.95. The summed E-state index contributed by atoms with van der Waals surface area (Å²) in [7, 11) is 1.44. The van der Waals surface area contributed by atoms with Crippen molar-refractivity contribution in [3.8, 4) is 11.5 Å². The fraction of sp³-hybridized carbons (Fsp3) is 0.318. The minimum absolute atomic E-state index is 0.0714. The molecule has 32 heavy (non-hydrogen) atoms. The molecule has 0 aliphatic carbocycles. The van der Waals surface area contributed by atoms with Crippen molar-refractivity contribution in [3.05, 3.63) is 73.3 Å². The smallest absolute Gasteiger partial charge is 0.315 e. The van der Waals surface area contributed by atoms with E-state index in [0.717, 1.165) is 23.1 Å². The summed E-state index contributed by atoms with van der Waals surface area (Å²) in [6, 6.07) is 9.03. The van der Waals surface area contributed by atoms with E-state index in [1.54, 1.807) is 6.07 Å². The third kappa shape index (κ3) is 5.20. The highest BCUT2D eigenvalue weighted by Crippen LogP contribution is 2.38. The van der Waals surface area contributed by atoms with Crippen LogP contribution in [0, 0.1) is 28.7 Å². The van der Waals surface area contributed by atoms with E-state index in [2.05, 4.69) is 15.3 Å². The number of ether oxygens (including phenoxy) is 2. The van der Waals surface area contributed by atoms with E-state index >= 15 is 0 Å². The number of nitro benzene ring substituents is 1. The maximum absolute atomic E-state index is 11.8. The van der Waals surface area contributed by atoms with Crippen LogP contribution in [0.3, 0.4) is 0 Å². The Morgan fingerprint density at radius 2 is 2.09 bits per heavy atom. The highest BCUT2D eigenvalue weighted by molar-refractivity contribution is 7.71. The largest absolute Gasteiger partial charge is 0.493 e. The Hall–Kier alpha value is -3.53. The molecule has 0 amide bonds. The minimum Gasteiger partial charge on any atom is -0.493 e. The van der Waals surface area contributed by atoms with Gasteiger partial charge in [0.1, 0.15) is 6.61 Å². The first-order valence-corrected chi connectivity index (χ1v) is 10.5. The maximum atomic E-state index is 11.8. The van der Waals surface area contributed by atoms with Crippen molar-refractivity contribution >= 4 is 24.1 Å². The number of benzene rings is 2. The molecule has 0 atom stereocenters. The van der Waals surface area contributed by atoms with Crippen molar-refractivity contribution < 1.29 is 14.4 Å². The molecule has 0 spiro atoms. The van der Waals surface area contributed by atoms with E-state index in [0.29, 0.717) is 22.6 Å². The van der Waals surface area contributed by atoms with Crippen LogP contribution in [0.1, 0.15) is 41.4 Å². The van der Waals surface area contributed by atoms with Crippen molar-refractivity contribution in [3.63, 3.8) is 0 Å². The number of nitro groups is 1. The quantitative estimate of drug-likeness (QED) is 0.213. The first-order valence-electron chi connectivity index (χ1n) is 10.1. The average Bonchev–Trinajstić information content (AvgIpc) is 3.12. The van der Waals surface area contributed by atoms with Gasteiger partial charge >= 0.3 is 5.69 Å². The van der Waals surface area contributed by atoms with Crippen LogP contribution in [-0.2, 0) is 13.0 Å². The summed E-state index contributed by atoms with van der Waals surface area (Å²) in [5.74, 6) is 1.00. The van der Waals surface area contributed by atoms with Crippen LogP contribution in [0.4, 0.5) is 5.69 Å². The molecule has 0 bridgehead atoms. The van der Waals surface area contributed by atoms with Crippen molar-refractivity contribution in [1.82, 2.24) is 14.9 Å². The molecule has 0 unspecified atom stereocenters. The van der Waals surface area contributed by atoms with Gasteiger partial charge in [0, 0.05) is 18.1 Å². The normalized spacial score (nSPS) is 11.1. The number of hydrogen-bond acceptors (Lipinski definition) is 7. The molecular formula is C22H25N5O4S. The average molecular weight is 456 g/mol. The van der Waals surface area contributed by atoms with Crippen LogP contribution in [-0.4, -0.2) is 33.1 Å². The monoisotopic (exact) mass is 455 g/mol. The molecule has 0 saturated carbocycles. The van der Waals surface area contributed by atoms with Crippen LogP contribution >= 0.6 is 12.2 Å². The molecule has 3 rings (SSSR count).